The summed E-state index contributed by atoms with van der Waals surface area (Å²) in [6.45, 7) is 4.31. The highest BCUT2D eigenvalue weighted by molar-refractivity contribution is 9.10. The summed E-state index contributed by atoms with van der Waals surface area (Å²) in [5.41, 5.74) is 2.83. The lowest BCUT2D eigenvalue weighted by Gasteiger charge is -2.14. The minimum Gasteiger partial charge on any atom is -0.493 e. The standard InChI is InChI=1S/C22H22BrFN2O4/c1-13(2)11-26-19(14-4-6-16(24)7-5-14)10-18(25-26)17-8-15(23)9-20(29-3)22(17)30-12-21(27)28/h4-10,13H,11-12H2,1-3H3,(H,27,28). The number of hydrogen-bond donors (Lipinski definition) is 1. The van der Waals surface area contributed by atoms with Gasteiger partial charge in [0.25, 0.3) is 0 Å². The molecule has 0 spiro atoms. The highest BCUT2D eigenvalue weighted by atomic mass is 79.9. The fourth-order valence-corrected chi connectivity index (χ4v) is 3.52. The van der Waals surface area contributed by atoms with Crippen molar-refractivity contribution >= 4 is 21.9 Å². The second-order valence-corrected chi connectivity index (χ2v) is 8.08. The second kappa shape index (κ2) is 9.30. The molecule has 0 aliphatic carbocycles. The van der Waals surface area contributed by atoms with Crippen molar-refractivity contribution in [2.24, 2.45) is 5.92 Å². The summed E-state index contributed by atoms with van der Waals surface area (Å²) in [5, 5.41) is 13.8. The van der Waals surface area contributed by atoms with Crippen molar-refractivity contribution in [1.29, 1.82) is 0 Å². The quantitative estimate of drug-likeness (QED) is 0.480. The molecule has 158 valence electrons. The molecule has 3 rings (SSSR count). The van der Waals surface area contributed by atoms with E-state index < -0.39 is 12.6 Å². The Morgan fingerprint density at radius 2 is 1.93 bits per heavy atom. The Hall–Kier alpha value is -2.87. The summed E-state index contributed by atoms with van der Waals surface area (Å²) >= 11 is 3.46. The molecular formula is C22H22BrFN2O4. The molecule has 1 N–H and O–H groups in total. The van der Waals surface area contributed by atoms with Crippen molar-refractivity contribution in [2.45, 2.75) is 20.4 Å². The average molecular weight is 477 g/mol. The molecule has 8 heteroatoms. The van der Waals surface area contributed by atoms with E-state index in [-0.39, 0.29) is 5.82 Å². The molecule has 1 heterocycles. The van der Waals surface area contributed by atoms with Gasteiger partial charge in [-0.05, 0) is 48.4 Å². The molecule has 30 heavy (non-hydrogen) atoms. The SMILES string of the molecule is COc1cc(Br)cc(-c2cc(-c3ccc(F)cc3)n(CC(C)C)n2)c1OCC(=O)O. The van der Waals surface area contributed by atoms with Gasteiger partial charge < -0.3 is 14.6 Å². The molecule has 2 aromatic carbocycles. The van der Waals surface area contributed by atoms with Gasteiger partial charge in [0.2, 0.25) is 0 Å². The van der Waals surface area contributed by atoms with Gasteiger partial charge in [-0.2, -0.15) is 5.10 Å². The molecule has 0 saturated carbocycles. The largest absolute Gasteiger partial charge is 0.493 e. The zero-order chi connectivity index (χ0) is 21.8. The Kier molecular flexibility index (Phi) is 6.77. The highest BCUT2D eigenvalue weighted by Gasteiger charge is 2.20. The predicted molar refractivity (Wildman–Crippen MR) is 115 cm³/mol. The van der Waals surface area contributed by atoms with Crippen molar-refractivity contribution < 1.29 is 23.8 Å². The predicted octanol–water partition coefficient (Wildman–Crippen LogP) is 5.25. The van der Waals surface area contributed by atoms with E-state index in [9.17, 15) is 9.18 Å². The number of halogens is 2. The lowest BCUT2D eigenvalue weighted by Crippen LogP contribution is -2.11. The van der Waals surface area contributed by atoms with Crippen LogP contribution in [0.25, 0.3) is 22.5 Å². The van der Waals surface area contributed by atoms with Gasteiger partial charge in [-0.25, -0.2) is 9.18 Å². The third-order valence-electron chi connectivity index (χ3n) is 4.31. The maximum atomic E-state index is 13.4. The van der Waals surface area contributed by atoms with Crippen LogP contribution >= 0.6 is 15.9 Å². The Morgan fingerprint density at radius 3 is 2.53 bits per heavy atom. The monoisotopic (exact) mass is 476 g/mol. The van der Waals surface area contributed by atoms with Crippen LogP contribution in [0.3, 0.4) is 0 Å². The number of carbonyl (C=O) groups is 1. The van der Waals surface area contributed by atoms with Crippen LogP contribution in [-0.4, -0.2) is 34.6 Å². The Bertz CT molecular complexity index is 1050. The first-order valence-electron chi connectivity index (χ1n) is 9.34. The fourth-order valence-electron chi connectivity index (χ4n) is 3.08. The number of aromatic nitrogens is 2. The van der Waals surface area contributed by atoms with E-state index in [0.717, 1.165) is 15.7 Å². The number of benzene rings is 2. The molecule has 0 bridgehead atoms. The lowest BCUT2D eigenvalue weighted by atomic mass is 10.1. The number of carboxylic acids is 1. The van der Waals surface area contributed by atoms with Crippen molar-refractivity contribution in [3.8, 4) is 34.0 Å². The lowest BCUT2D eigenvalue weighted by molar-refractivity contribution is -0.139. The zero-order valence-electron chi connectivity index (χ0n) is 16.9. The Balaban J connectivity index is 2.16. The summed E-state index contributed by atoms with van der Waals surface area (Å²) in [6.07, 6.45) is 0. The van der Waals surface area contributed by atoms with E-state index in [0.29, 0.717) is 35.2 Å². The van der Waals surface area contributed by atoms with Crippen LogP contribution in [0, 0.1) is 11.7 Å². The molecule has 0 saturated heterocycles. The molecule has 3 aromatic rings. The summed E-state index contributed by atoms with van der Waals surface area (Å²) in [4.78, 5) is 11.1. The average Bonchev–Trinajstić information content (AvgIpc) is 3.09. The molecule has 0 fully saturated rings. The van der Waals surface area contributed by atoms with Gasteiger partial charge in [0.15, 0.2) is 18.1 Å². The molecule has 1 aromatic heterocycles. The molecule has 0 amide bonds. The van der Waals surface area contributed by atoms with Gasteiger partial charge in [0.1, 0.15) is 5.82 Å². The third kappa shape index (κ3) is 4.99. The molecule has 0 aliphatic heterocycles. The summed E-state index contributed by atoms with van der Waals surface area (Å²) in [6, 6.07) is 11.6. The molecule has 0 radical (unpaired) electrons. The number of hydrogen-bond acceptors (Lipinski definition) is 4. The number of rotatable bonds is 8. The van der Waals surface area contributed by atoms with E-state index in [1.165, 1.54) is 19.2 Å². The molecular weight excluding hydrogens is 455 g/mol. The van der Waals surface area contributed by atoms with Gasteiger partial charge in [-0.1, -0.05) is 29.8 Å². The number of nitrogens with zero attached hydrogens (tertiary/aromatic N) is 2. The van der Waals surface area contributed by atoms with Gasteiger partial charge in [0.05, 0.1) is 18.5 Å². The van der Waals surface area contributed by atoms with Gasteiger partial charge in [-0.3, -0.25) is 4.68 Å². The smallest absolute Gasteiger partial charge is 0.341 e. The number of carboxylic acid groups (broad SMARTS) is 1. The first-order chi connectivity index (χ1) is 14.3. The fraction of sp³-hybridized carbons (Fsp3) is 0.273. The van der Waals surface area contributed by atoms with Crippen LogP contribution in [0.4, 0.5) is 4.39 Å². The highest BCUT2D eigenvalue weighted by Crippen LogP contribution is 2.41. The van der Waals surface area contributed by atoms with E-state index >= 15 is 0 Å². The third-order valence-corrected chi connectivity index (χ3v) is 4.77. The van der Waals surface area contributed by atoms with Gasteiger partial charge in [0, 0.05) is 22.1 Å². The molecule has 0 aliphatic rings. The number of methoxy groups -OCH3 is 1. The van der Waals surface area contributed by atoms with E-state index in [4.69, 9.17) is 19.7 Å². The first kappa shape index (κ1) is 21.8. The van der Waals surface area contributed by atoms with E-state index in [1.807, 2.05) is 10.7 Å². The molecule has 0 unspecified atom stereocenters. The minimum atomic E-state index is -1.09. The van der Waals surface area contributed by atoms with Crippen LogP contribution in [0.2, 0.25) is 0 Å². The summed E-state index contributed by atoms with van der Waals surface area (Å²) in [7, 11) is 1.49. The summed E-state index contributed by atoms with van der Waals surface area (Å²) < 4.78 is 26.9. The Labute approximate surface area is 182 Å². The summed E-state index contributed by atoms with van der Waals surface area (Å²) in [5.74, 6) is -0.389. The maximum Gasteiger partial charge on any atom is 0.341 e. The van der Waals surface area contributed by atoms with Crippen LogP contribution in [0.5, 0.6) is 11.5 Å². The number of ether oxygens (including phenoxy) is 2. The molecule has 6 nitrogen and oxygen atoms in total. The van der Waals surface area contributed by atoms with E-state index in [2.05, 4.69) is 29.8 Å². The maximum absolute atomic E-state index is 13.4. The van der Waals surface area contributed by atoms with Crippen molar-refractivity contribution in [3.63, 3.8) is 0 Å². The van der Waals surface area contributed by atoms with Crippen molar-refractivity contribution in [2.75, 3.05) is 13.7 Å². The van der Waals surface area contributed by atoms with Crippen LogP contribution in [-0.2, 0) is 11.3 Å². The number of aliphatic carboxylic acids is 1. The second-order valence-electron chi connectivity index (χ2n) is 7.16. The normalized spacial score (nSPS) is 11.0. The topological polar surface area (TPSA) is 73.6 Å². The van der Waals surface area contributed by atoms with Crippen LogP contribution < -0.4 is 9.47 Å². The van der Waals surface area contributed by atoms with Gasteiger partial charge >= 0.3 is 5.97 Å². The van der Waals surface area contributed by atoms with Gasteiger partial charge in [-0.15, -0.1) is 0 Å². The molecule has 0 atom stereocenters. The first-order valence-corrected chi connectivity index (χ1v) is 10.1. The minimum absolute atomic E-state index is 0.294. The van der Waals surface area contributed by atoms with Crippen molar-refractivity contribution in [3.05, 3.63) is 52.8 Å². The van der Waals surface area contributed by atoms with Crippen LogP contribution in [0.15, 0.2) is 46.9 Å². The van der Waals surface area contributed by atoms with Crippen molar-refractivity contribution in [1.82, 2.24) is 9.78 Å². The zero-order valence-corrected chi connectivity index (χ0v) is 18.4. The Morgan fingerprint density at radius 1 is 1.23 bits per heavy atom. The van der Waals surface area contributed by atoms with E-state index in [1.54, 1.807) is 24.3 Å². The van der Waals surface area contributed by atoms with Crippen LogP contribution in [0.1, 0.15) is 13.8 Å².